The van der Waals surface area contributed by atoms with Gasteiger partial charge >= 0.3 is 0 Å². The smallest absolute Gasteiger partial charge is 0.0726 e. The van der Waals surface area contributed by atoms with Gasteiger partial charge in [0.05, 0.1) is 17.6 Å². The largest absolute Gasteiger partial charge is 0.399 e. The van der Waals surface area contributed by atoms with Crippen molar-refractivity contribution in [3.8, 4) is 5.69 Å². The molecule has 4 heteroatoms. The minimum absolute atomic E-state index is 0.751. The maximum Gasteiger partial charge on any atom is 0.0726 e. The SMILES string of the molecule is Cc1cnnn1-c1ccc(N)cc1. The van der Waals surface area contributed by atoms with E-state index in [1.54, 1.807) is 10.9 Å². The first-order valence-corrected chi connectivity index (χ1v) is 4.00. The Bertz CT molecular complexity index is 402. The summed E-state index contributed by atoms with van der Waals surface area (Å²) < 4.78 is 1.76. The van der Waals surface area contributed by atoms with Crippen molar-refractivity contribution in [2.75, 3.05) is 5.73 Å². The molecule has 0 saturated heterocycles. The lowest BCUT2D eigenvalue weighted by Crippen LogP contribution is -1.98. The molecule has 0 atom stereocenters. The van der Waals surface area contributed by atoms with Crippen LogP contribution in [0.1, 0.15) is 5.69 Å². The third-order valence-corrected chi connectivity index (χ3v) is 1.86. The molecule has 2 rings (SSSR count). The third-order valence-electron chi connectivity index (χ3n) is 1.86. The lowest BCUT2D eigenvalue weighted by atomic mass is 10.3. The van der Waals surface area contributed by atoms with Crippen molar-refractivity contribution >= 4 is 5.69 Å². The Morgan fingerprint density at radius 3 is 2.46 bits per heavy atom. The summed E-state index contributed by atoms with van der Waals surface area (Å²) in [5.41, 5.74) is 8.30. The average molecular weight is 174 g/mol. The molecule has 0 amide bonds. The highest BCUT2D eigenvalue weighted by Crippen LogP contribution is 2.10. The van der Waals surface area contributed by atoms with Crippen molar-refractivity contribution in [3.63, 3.8) is 0 Å². The zero-order valence-corrected chi connectivity index (χ0v) is 7.31. The normalized spacial score (nSPS) is 10.2. The number of benzene rings is 1. The molecule has 1 aromatic heterocycles. The third kappa shape index (κ3) is 1.38. The molecule has 4 nitrogen and oxygen atoms in total. The van der Waals surface area contributed by atoms with Crippen LogP contribution in [0, 0.1) is 6.92 Å². The fourth-order valence-corrected chi connectivity index (χ4v) is 1.16. The lowest BCUT2D eigenvalue weighted by molar-refractivity contribution is 0.785. The van der Waals surface area contributed by atoms with Crippen molar-refractivity contribution in [3.05, 3.63) is 36.2 Å². The van der Waals surface area contributed by atoms with Crippen LogP contribution in [0.2, 0.25) is 0 Å². The van der Waals surface area contributed by atoms with Crippen LogP contribution >= 0.6 is 0 Å². The van der Waals surface area contributed by atoms with Crippen LogP contribution in [-0.2, 0) is 0 Å². The first-order chi connectivity index (χ1) is 6.27. The molecule has 66 valence electrons. The molecule has 0 spiro atoms. The number of nitrogens with two attached hydrogens (primary N) is 1. The fraction of sp³-hybridized carbons (Fsp3) is 0.111. The lowest BCUT2D eigenvalue weighted by Gasteiger charge is -2.02. The zero-order chi connectivity index (χ0) is 9.26. The van der Waals surface area contributed by atoms with Gasteiger partial charge in [0.15, 0.2) is 0 Å². The molecule has 0 unspecified atom stereocenters. The van der Waals surface area contributed by atoms with E-state index in [0.29, 0.717) is 0 Å². The molecule has 1 aromatic carbocycles. The summed E-state index contributed by atoms with van der Waals surface area (Å²) >= 11 is 0. The number of nitrogens with zero attached hydrogens (tertiary/aromatic N) is 3. The van der Waals surface area contributed by atoms with E-state index < -0.39 is 0 Å². The second-order valence-electron chi connectivity index (χ2n) is 2.88. The topological polar surface area (TPSA) is 56.7 Å². The van der Waals surface area contributed by atoms with Gasteiger partial charge in [0.25, 0.3) is 0 Å². The molecule has 0 bridgehead atoms. The number of aromatic nitrogens is 3. The Kier molecular flexibility index (Phi) is 1.73. The van der Waals surface area contributed by atoms with Crippen LogP contribution in [0.15, 0.2) is 30.5 Å². The average Bonchev–Trinajstić information content (AvgIpc) is 2.53. The van der Waals surface area contributed by atoms with Gasteiger partial charge in [0.2, 0.25) is 0 Å². The van der Waals surface area contributed by atoms with E-state index in [1.807, 2.05) is 31.2 Å². The Morgan fingerprint density at radius 2 is 1.92 bits per heavy atom. The van der Waals surface area contributed by atoms with E-state index in [0.717, 1.165) is 17.1 Å². The molecule has 0 aliphatic rings. The molecule has 0 aliphatic carbocycles. The molecule has 0 radical (unpaired) electrons. The molecular formula is C9H10N4. The first kappa shape index (κ1) is 7.79. The standard InChI is InChI=1S/C9H10N4/c1-7-6-11-12-13(7)9-4-2-8(10)3-5-9/h2-6H,10H2,1H3. The molecular weight excluding hydrogens is 164 g/mol. The van der Waals surface area contributed by atoms with Crippen LogP contribution in [0.25, 0.3) is 5.69 Å². The minimum atomic E-state index is 0.751. The summed E-state index contributed by atoms with van der Waals surface area (Å²) in [6.07, 6.45) is 1.72. The highest BCUT2D eigenvalue weighted by molar-refractivity contribution is 5.44. The van der Waals surface area contributed by atoms with Crippen molar-refractivity contribution in [1.82, 2.24) is 15.0 Å². The summed E-state index contributed by atoms with van der Waals surface area (Å²) in [5, 5.41) is 7.74. The van der Waals surface area contributed by atoms with E-state index in [9.17, 15) is 0 Å². The fourth-order valence-electron chi connectivity index (χ4n) is 1.16. The number of hydrogen-bond donors (Lipinski definition) is 1. The van der Waals surface area contributed by atoms with E-state index in [2.05, 4.69) is 10.3 Å². The maximum atomic E-state index is 5.57. The minimum Gasteiger partial charge on any atom is -0.399 e. The van der Waals surface area contributed by atoms with Gasteiger partial charge < -0.3 is 5.73 Å². The monoisotopic (exact) mass is 174 g/mol. The molecule has 13 heavy (non-hydrogen) atoms. The molecule has 0 fully saturated rings. The summed E-state index contributed by atoms with van der Waals surface area (Å²) in [4.78, 5) is 0. The zero-order valence-electron chi connectivity index (χ0n) is 7.31. The molecule has 2 aromatic rings. The number of nitrogen functional groups attached to an aromatic ring is 1. The van der Waals surface area contributed by atoms with Crippen LogP contribution in [0.3, 0.4) is 0 Å². The van der Waals surface area contributed by atoms with E-state index in [1.165, 1.54) is 0 Å². The van der Waals surface area contributed by atoms with E-state index >= 15 is 0 Å². The van der Waals surface area contributed by atoms with Gasteiger partial charge in [0.1, 0.15) is 0 Å². The number of rotatable bonds is 1. The van der Waals surface area contributed by atoms with Crippen molar-refractivity contribution < 1.29 is 0 Å². The number of aryl methyl sites for hydroxylation is 1. The Labute approximate surface area is 76.0 Å². The van der Waals surface area contributed by atoms with Gasteiger partial charge in [-0.15, -0.1) is 5.10 Å². The van der Waals surface area contributed by atoms with Crippen LogP contribution in [0.4, 0.5) is 5.69 Å². The van der Waals surface area contributed by atoms with E-state index in [4.69, 9.17) is 5.73 Å². The van der Waals surface area contributed by atoms with Crippen LogP contribution in [0.5, 0.6) is 0 Å². The van der Waals surface area contributed by atoms with Gasteiger partial charge in [-0.2, -0.15) is 0 Å². The van der Waals surface area contributed by atoms with Crippen molar-refractivity contribution in [2.24, 2.45) is 0 Å². The molecule has 2 N–H and O–H groups in total. The predicted molar refractivity (Wildman–Crippen MR) is 50.5 cm³/mol. The van der Waals surface area contributed by atoms with Crippen molar-refractivity contribution in [1.29, 1.82) is 0 Å². The highest BCUT2D eigenvalue weighted by Gasteiger charge is 1.99. The molecule has 1 heterocycles. The maximum absolute atomic E-state index is 5.57. The molecule has 0 aliphatic heterocycles. The Balaban J connectivity index is 2.47. The Hall–Kier alpha value is -1.84. The summed E-state index contributed by atoms with van der Waals surface area (Å²) in [6, 6.07) is 7.51. The number of hydrogen-bond acceptors (Lipinski definition) is 3. The highest BCUT2D eigenvalue weighted by atomic mass is 15.4. The van der Waals surface area contributed by atoms with Gasteiger partial charge in [-0.25, -0.2) is 4.68 Å². The van der Waals surface area contributed by atoms with Gasteiger partial charge in [-0.3, -0.25) is 0 Å². The second-order valence-corrected chi connectivity index (χ2v) is 2.88. The van der Waals surface area contributed by atoms with Crippen LogP contribution in [-0.4, -0.2) is 15.0 Å². The van der Waals surface area contributed by atoms with Crippen LogP contribution < -0.4 is 5.73 Å². The van der Waals surface area contributed by atoms with E-state index in [-0.39, 0.29) is 0 Å². The Morgan fingerprint density at radius 1 is 1.23 bits per heavy atom. The van der Waals surface area contributed by atoms with Gasteiger partial charge in [-0.05, 0) is 31.2 Å². The quantitative estimate of drug-likeness (QED) is 0.660. The summed E-state index contributed by atoms with van der Waals surface area (Å²) in [5.74, 6) is 0. The van der Waals surface area contributed by atoms with Gasteiger partial charge in [-0.1, -0.05) is 5.21 Å². The summed E-state index contributed by atoms with van der Waals surface area (Å²) in [6.45, 7) is 1.95. The molecule has 0 saturated carbocycles. The van der Waals surface area contributed by atoms with Gasteiger partial charge in [0, 0.05) is 5.69 Å². The summed E-state index contributed by atoms with van der Waals surface area (Å²) in [7, 11) is 0. The predicted octanol–water partition coefficient (Wildman–Crippen LogP) is 1.16. The second kappa shape index (κ2) is 2.90. The van der Waals surface area contributed by atoms with Crippen molar-refractivity contribution in [2.45, 2.75) is 6.92 Å². The first-order valence-electron chi connectivity index (χ1n) is 4.00. The number of anilines is 1.